The molecule has 0 fully saturated rings. The molecule has 0 saturated heterocycles. The maximum atomic E-state index is 12.3. The smallest absolute Gasteiger partial charge is 0.265 e. The van der Waals surface area contributed by atoms with Crippen LogP contribution in [0.4, 0.5) is 0 Å². The van der Waals surface area contributed by atoms with E-state index in [1.54, 1.807) is 7.05 Å². The first-order valence-corrected chi connectivity index (χ1v) is 8.58. The number of hydrazine groups is 1. The molecule has 0 aliphatic rings. The van der Waals surface area contributed by atoms with Gasteiger partial charge in [-0.05, 0) is 49.8 Å². The number of nitrogens with one attached hydrogen (secondary N) is 2. The third-order valence-electron chi connectivity index (χ3n) is 4.30. The van der Waals surface area contributed by atoms with Crippen LogP contribution in [0.3, 0.4) is 0 Å². The van der Waals surface area contributed by atoms with Gasteiger partial charge in [0.05, 0.1) is 11.2 Å². The molecular formula is C22H23N3O. The summed E-state index contributed by atoms with van der Waals surface area (Å²) in [4.78, 5) is 12.3. The van der Waals surface area contributed by atoms with E-state index in [9.17, 15) is 4.79 Å². The average molecular weight is 345 g/mol. The predicted octanol–water partition coefficient (Wildman–Crippen LogP) is 4.48. The second-order valence-electron chi connectivity index (χ2n) is 6.12. The summed E-state index contributed by atoms with van der Waals surface area (Å²) in [5.41, 5.74) is 11.1. The van der Waals surface area contributed by atoms with Gasteiger partial charge in [-0.1, -0.05) is 36.9 Å². The third-order valence-corrected chi connectivity index (χ3v) is 4.30. The number of aromatic nitrogens is 1. The summed E-state index contributed by atoms with van der Waals surface area (Å²) in [5.74, 6) is -0.162. The van der Waals surface area contributed by atoms with E-state index in [2.05, 4.69) is 46.3 Å². The molecule has 0 aliphatic carbocycles. The molecule has 3 aromatic rings. The second-order valence-corrected chi connectivity index (χ2v) is 6.12. The molecule has 1 heterocycles. The molecule has 132 valence electrons. The molecule has 1 aromatic heterocycles. The van der Waals surface area contributed by atoms with Gasteiger partial charge in [-0.15, -0.1) is 0 Å². The largest absolute Gasteiger partial charge is 0.309 e. The lowest BCUT2D eigenvalue weighted by atomic mass is 10.1. The summed E-state index contributed by atoms with van der Waals surface area (Å²) >= 11 is 0. The van der Waals surface area contributed by atoms with Gasteiger partial charge < -0.3 is 4.57 Å². The van der Waals surface area contributed by atoms with Crippen molar-refractivity contribution in [1.82, 2.24) is 15.4 Å². The Morgan fingerprint density at radius 1 is 1.19 bits per heavy atom. The number of amides is 1. The van der Waals surface area contributed by atoms with Gasteiger partial charge in [-0.3, -0.25) is 10.2 Å². The van der Waals surface area contributed by atoms with Crippen LogP contribution in [0.2, 0.25) is 0 Å². The van der Waals surface area contributed by atoms with Crippen LogP contribution in [-0.4, -0.2) is 17.5 Å². The monoisotopic (exact) mass is 345 g/mol. The molecule has 0 bridgehead atoms. The number of aryl methyl sites for hydroxylation is 1. The second kappa shape index (κ2) is 7.42. The van der Waals surface area contributed by atoms with Crippen molar-refractivity contribution < 1.29 is 4.79 Å². The van der Waals surface area contributed by atoms with Crippen molar-refractivity contribution >= 4 is 29.0 Å². The highest BCUT2D eigenvalue weighted by molar-refractivity contribution is 5.97. The normalized spacial score (nSPS) is 11.2. The van der Waals surface area contributed by atoms with Crippen LogP contribution in [0.25, 0.3) is 28.7 Å². The highest BCUT2D eigenvalue weighted by Crippen LogP contribution is 2.32. The Labute approximate surface area is 153 Å². The first-order chi connectivity index (χ1) is 12.6. The fourth-order valence-corrected chi connectivity index (χ4v) is 3.31. The Hall–Kier alpha value is -3.11. The molecule has 0 aliphatic heterocycles. The zero-order chi connectivity index (χ0) is 18.7. The zero-order valence-corrected chi connectivity index (χ0v) is 15.3. The first kappa shape index (κ1) is 17.7. The Morgan fingerprint density at radius 3 is 2.65 bits per heavy atom. The fraction of sp³-hybridized carbons (Fsp3) is 0.136. The molecule has 0 unspecified atom stereocenters. The summed E-state index contributed by atoms with van der Waals surface area (Å²) in [6.45, 7) is 7.99. The topological polar surface area (TPSA) is 46.1 Å². The van der Waals surface area contributed by atoms with E-state index in [4.69, 9.17) is 0 Å². The van der Waals surface area contributed by atoms with E-state index >= 15 is 0 Å². The van der Waals surface area contributed by atoms with Gasteiger partial charge in [0.2, 0.25) is 0 Å². The minimum absolute atomic E-state index is 0.162. The number of fused-ring (bicyclic) bond motifs is 1. The molecule has 0 atom stereocenters. The van der Waals surface area contributed by atoms with Gasteiger partial charge in [0.15, 0.2) is 0 Å². The minimum atomic E-state index is -0.162. The maximum Gasteiger partial charge on any atom is 0.265 e. The van der Waals surface area contributed by atoms with E-state index in [-0.39, 0.29) is 5.91 Å². The van der Waals surface area contributed by atoms with E-state index in [1.165, 1.54) is 0 Å². The standard InChI is InChI=1S/C22H23N3O/c1-5-9-20-18(6-2)19-10-7-8-11-21(19)25(20)17-13-15(3)12-16(14-17)22(26)24-23-4/h5-14,23H,2H2,1,3-4H3,(H,24,26)/b9-5-. The Balaban J connectivity index is 2.33. The number of rotatable bonds is 5. The summed E-state index contributed by atoms with van der Waals surface area (Å²) in [5, 5.41) is 1.14. The first-order valence-electron chi connectivity index (χ1n) is 8.58. The number of nitrogens with zero attached hydrogens (tertiary/aromatic N) is 1. The number of carbonyl (C=O) groups is 1. The van der Waals surface area contributed by atoms with Gasteiger partial charge in [-0.25, -0.2) is 5.43 Å². The van der Waals surface area contributed by atoms with Gasteiger partial charge in [0.1, 0.15) is 0 Å². The highest BCUT2D eigenvalue weighted by atomic mass is 16.2. The number of hydrogen-bond donors (Lipinski definition) is 2. The van der Waals surface area contributed by atoms with Crippen LogP contribution in [0, 0.1) is 6.92 Å². The van der Waals surface area contributed by atoms with Gasteiger partial charge >= 0.3 is 0 Å². The maximum absolute atomic E-state index is 12.3. The predicted molar refractivity (Wildman–Crippen MR) is 109 cm³/mol. The van der Waals surface area contributed by atoms with Gasteiger partial charge in [-0.2, -0.15) is 0 Å². The molecule has 0 spiro atoms. The summed E-state index contributed by atoms with van der Waals surface area (Å²) in [6.07, 6.45) is 5.98. The molecule has 4 nitrogen and oxygen atoms in total. The molecule has 4 heteroatoms. The van der Waals surface area contributed by atoms with E-state index in [0.29, 0.717) is 5.56 Å². The number of para-hydroxylation sites is 1. The lowest BCUT2D eigenvalue weighted by Gasteiger charge is -2.13. The average Bonchev–Trinajstić information content (AvgIpc) is 2.95. The molecule has 2 aromatic carbocycles. The molecule has 0 saturated carbocycles. The van der Waals surface area contributed by atoms with Crippen molar-refractivity contribution in [3.63, 3.8) is 0 Å². The molecular weight excluding hydrogens is 322 g/mol. The minimum Gasteiger partial charge on any atom is -0.309 e. The van der Waals surface area contributed by atoms with Crippen molar-refractivity contribution in [3.05, 3.63) is 77.5 Å². The van der Waals surface area contributed by atoms with Crippen molar-refractivity contribution in [2.75, 3.05) is 7.05 Å². The van der Waals surface area contributed by atoms with Crippen LogP contribution >= 0.6 is 0 Å². The van der Waals surface area contributed by atoms with Crippen LogP contribution < -0.4 is 10.9 Å². The molecule has 0 radical (unpaired) electrons. The van der Waals surface area contributed by atoms with Gasteiger partial charge in [0.25, 0.3) is 5.91 Å². The molecule has 1 amide bonds. The summed E-state index contributed by atoms with van der Waals surface area (Å²) in [7, 11) is 1.68. The van der Waals surface area contributed by atoms with Crippen molar-refractivity contribution in [1.29, 1.82) is 0 Å². The molecule has 2 N–H and O–H groups in total. The zero-order valence-electron chi connectivity index (χ0n) is 15.3. The Morgan fingerprint density at radius 2 is 1.96 bits per heavy atom. The molecule has 26 heavy (non-hydrogen) atoms. The van der Waals surface area contributed by atoms with Crippen LogP contribution in [-0.2, 0) is 0 Å². The number of hydrogen-bond acceptors (Lipinski definition) is 2. The van der Waals surface area contributed by atoms with E-state index in [0.717, 1.165) is 33.4 Å². The lowest BCUT2D eigenvalue weighted by molar-refractivity contribution is 0.0938. The Kier molecular flexibility index (Phi) is 5.05. The number of benzene rings is 2. The Bertz CT molecular complexity index is 1010. The summed E-state index contributed by atoms with van der Waals surface area (Å²) < 4.78 is 2.18. The summed E-state index contributed by atoms with van der Waals surface area (Å²) in [6, 6.07) is 14.1. The van der Waals surface area contributed by atoms with E-state index in [1.807, 2.05) is 50.3 Å². The third kappa shape index (κ3) is 3.07. The quantitative estimate of drug-likeness (QED) is 0.670. The van der Waals surface area contributed by atoms with E-state index < -0.39 is 0 Å². The van der Waals surface area contributed by atoms with Crippen molar-refractivity contribution in [3.8, 4) is 5.69 Å². The number of carbonyl (C=O) groups excluding carboxylic acids is 1. The van der Waals surface area contributed by atoms with Crippen molar-refractivity contribution in [2.45, 2.75) is 13.8 Å². The molecule has 3 rings (SSSR count). The van der Waals surface area contributed by atoms with Crippen LogP contribution in [0.1, 0.15) is 34.1 Å². The van der Waals surface area contributed by atoms with Gasteiger partial charge in [0, 0.05) is 29.2 Å². The lowest BCUT2D eigenvalue weighted by Crippen LogP contribution is -2.34. The fourth-order valence-electron chi connectivity index (χ4n) is 3.31. The highest BCUT2D eigenvalue weighted by Gasteiger charge is 2.16. The van der Waals surface area contributed by atoms with Crippen LogP contribution in [0.5, 0.6) is 0 Å². The van der Waals surface area contributed by atoms with Crippen molar-refractivity contribution in [2.24, 2.45) is 0 Å². The number of allylic oxidation sites excluding steroid dienone is 1. The van der Waals surface area contributed by atoms with Crippen LogP contribution in [0.15, 0.2) is 55.1 Å². The SMILES string of the molecule is C=Cc1c(/C=C\C)n(-c2cc(C)cc(C(=O)NNC)c2)c2ccccc12.